The fraction of sp³-hybridized carbons (Fsp3) is 0.562. The summed E-state index contributed by atoms with van der Waals surface area (Å²) in [6.45, 7) is 9.62. The van der Waals surface area contributed by atoms with E-state index in [0.717, 1.165) is 25.1 Å². The average Bonchev–Trinajstić information content (AvgIpc) is 2.46. The van der Waals surface area contributed by atoms with Crippen LogP contribution in [0.2, 0.25) is 5.02 Å². The van der Waals surface area contributed by atoms with Gasteiger partial charge in [-0.2, -0.15) is 0 Å². The highest BCUT2D eigenvalue weighted by Gasteiger charge is 2.22. The van der Waals surface area contributed by atoms with Crippen LogP contribution in [0.25, 0.3) is 0 Å². The van der Waals surface area contributed by atoms with E-state index in [2.05, 4.69) is 37.8 Å². The highest BCUT2D eigenvalue weighted by molar-refractivity contribution is 6.34. The fourth-order valence-corrected chi connectivity index (χ4v) is 2.89. The molecule has 0 heterocycles. The number of oxime groups is 1. The summed E-state index contributed by atoms with van der Waals surface area (Å²) in [6, 6.07) is 6.05. The van der Waals surface area contributed by atoms with Crippen molar-refractivity contribution in [3.05, 3.63) is 28.8 Å². The Morgan fingerprint density at radius 2 is 1.95 bits per heavy atom. The van der Waals surface area contributed by atoms with Crippen LogP contribution in [0.1, 0.15) is 46.1 Å². The second-order valence-electron chi connectivity index (χ2n) is 5.64. The summed E-state index contributed by atoms with van der Waals surface area (Å²) < 4.78 is 0. The quantitative estimate of drug-likeness (QED) is 0.345. The summed E-state index contributed by atoms with van der Waals surface area (Å²) in [5, 5.41) is 12.7. The van der Waals surface area contributed by atoms with Gasteiger partial charge in [-0.05, 0) is 30.9 Å². The van der Waals surface area contributed by atoms with Gasteiger partial charge in [0.2, 0.25) is 0 Å². The molecular formula is C16H26ClN3O. The zero-order valence-electron chi connectivity index (χ0n) is 13.3. The predicted molar refractivity (Wildman–Crippen MR) is 90.5 cm³/mol. The maximum absolute atomic E-state index is 9.04. The zero-order chi connectivity index (χ0) is 16.0. The molecule has 0 amide bonds. The normalized spacial score (nSPS) is 12.2. The third-order valence-electron chi connectivity index (χ3n) is 3.61. The molecule has 118 valence electrons. The molecule has 0 radical (unpaired) electrons. The Labute approximate surface area is 132 Å². The first kappa shape index (κ1) is 17.6. The van der Waals surface area contributed by atoms with Crippen LogP contribution in [0.3, 0.4) is 0 Å². The van der Waals surface area contributed by atoms with Gasteiger partial charge in [-0.15, -0.1) is 0 Å². The highest BCUT2D eigenvalue weighted by Crippen LogP contribution is 2.30. The maximum Gasteiger partial charge on any atom is 0.173 e. The van der Waals surface area contributed by atoms with Crippen LogP contribution in [0.4, 0.5) is 5.69 Å². The minimum Gasteiger partial charge on any atom is -0.409 e. The van der Waals surface area contributed by atoms with E-state index in [1.807, 2.05) is 12.1 Å². The number of amidine groups is 1. The summed E-state index contributed by atoms with van der Waals surface area (Å²) in [5.41, 5.74) is 7.37. The third kappa shape index (κ3) is 4.27. The van der Waals surface area contributed by atoms with Crippen molar-refractivity contribution in [1.29, 1.82) is 0 Å². The Kier molecular flexibility index (Phi) is 6.82. The lowest BCUT2D eigenvalue weighted by atomic mass is 10.0. The molecule has 0 fully saturated rings. The van der Waals surface area contributed by atoms with Gasteiger partial charge >= 0.3 is 0 Å². The van der Waals surface area contributed by atoms with E-state index in [1.54, 1.807) is 6.07 Å². The summed E-state index contributed by atoms with van der Waals surface area (Å²) in [5.74, 6) is 0.556. The number of rotatable bonds is 7. The predicted octanol–water partition coefficient (Wildman–Crippen LogP) is 4.09. The lowest BCUT2D eigenvalue weighted by Crippen LogP contribution is -2.38. The Morgan fingerprint density at radius 1 is 1.33 bits per heavy atom. The van der Waals surface area contributed by atoms with Crippen molar-refractivity contribution in [3.8, 4) is 0 Å². The molecule has 0 bridgehead atoms. The van der Waals surface area contributed by atoms with Gasteiger partial charge in [0.1, 0.15) is 0 Å². The Bertz CT molecular complexity index is 484. The summed E-state index contributed by atoms with van der Waals surface area (Å²) in [7, 11) is 0. The molecule has 0 aliphatic rings. The van der Waals surface area contributed by atoms with Crippen molar-refractivity contribution >= 4 is 23.1 Å². The molecule has 4 nitrogen and oxygen atoms in total. The van der Waals surface area contributed by atoms with Gasteiger partial charge in [0, 0.05) is 18.3 Å². The second-order valence-corrected chi connectivity index (χ2v) is 6.04. The number of nitrogens with zero attached hydrogens (tertiary/aromatic N) is 2. The van der Waals surface area contributed by atoms with Crippen molar-refractivity contribution in [2.75, 3.05) is 11.4 Å². The van der Waals surface area contributed by atoms with Crippen molar-refractivity contribution in [3.63, 3.8) is 0 Å². The number of halogens is 1. The van der Waals surface area contributed by atoms with Crippen LogP contribution < -0.4 is 10.6 Å². The van der Waals surface area contributed by atoms with Crippen molar-refractivity contribution < 1.29 is 5.21 Å². The topological polar surface area (TPSA) is 61.8 Å². The smallest absolute Gasteiger partial charge is 0.173 e. The molecule has 21 heavy (non-hydrogen) atoms. The van der Waals surface area contributed by atoms with E-state index < -0.39 is 0 Å². The number of nitrogens with two attached hydrogens (primary N) is 1. The molecule has 1 rings (SSSR count). The molecule has 0 spiro atoms. The largest absolute Gasteiger partial charge is 0.409 e. The number of hydrogen-bond donors (Lipinski definition) is 2. The van der Waals surface area contributed by atoms with Crippen LogP contribution in [-0.4, -0.2) is 23.6 Å². The fourth-order valence-electron chi connectivity index (χ4n) is 2.62. The van der Waals surface area contributed by atoms with E-state index in [9.17, 15) is 0 Å². The van der Waals surface area contributed by atoms with Gasteiger partial charge < -0.3 is 15.8 Å². The lowest BCUT2D eigenvalue weighted by Gasteiger charge is -2.35. The van der Waals surface area contributed by atoms with Crippen LogP contribution in [0.15, 0.2) is 23.4 Å². The molecule has 0 aliphatic heterocycles. The van der Waals surface area contributed by atoms with Crippen LogP contribution in [0.5, 0.6) is 0 Å². The van der Waals surface area contributed by atoms with E-state index in [1.165, 1.54) is 0 Å². The van der Waals surface area contributed by atoms with Gasteiger partial charge in [-0.1, -0.05) is 50.5 Å². The van der Waals surface area contributed by atoms with Crippen LogP contribution in [-0.2, 0) is 0 Å². The molecule has 0 unspecified atom stereocenters. The summed E-state index contributed by atoms with van der Waals surface area (Å²) in [4.78, 5) is 2.32. The van der Waals surface area contributed by atoms with Gasteiger partial charge in [0.25, 0.3) is 0 Å². The van der Waals surface area contributed by atoms with Gasteiger partial charge in [-0.3, -0.25) is 0 Å². The average molecular weight is 312 g/mol. The Morgan fingerprint density at radius 3 is 2.43 bits per heavy atom. The van der Waals surface area contributed by atoms with Crippen molar-refractivity contribution in [2.24, 2.45) is 16.8 Å². The standard InChI is InChI=1S/C16H26ClN3O/c1-5-12(6-2)20(10-11(3)4)14-9-7-8-13(17)15(14)16(18)19-21/h7-9,11-12,21H,5-6,10H2,1-4H3,(H2,18,19). The van der Waals surface area contributed by atoms with Crippen molar-refractivity contribution in [2.45, 2.75) is 46.6 Å². The van der Waals surface area contributed by atoms with E-state index in [0.29, 0.717) is 22.5 Å². The van der Waals surface area contributed by atoms with E-state index in [-0.39, 0.29) is 5.84 Å². The first-order valence-electron chi connectivity index (χ1n) is 7.49. The molecule has 1 aromatic rings. The number of benzene rings is 1. The summed E-state index contributed by atoms with van der Waals surface area (Å²) >= 11 is 6.28. The monoisotopic (exact) mass is 311 g/mol. The zero-order valence-corrected chi connectivity index (χ0v) is 14.1. The number of anilines is 1. The molecule has 3 N–H and O–H groups in total. The molecular weight excluding hydrogens is 286 g/mol. The second kappa shape index (κ2) is 8.13. The first-order valence-corrected chi connectivity index (χ1v) is 7.86. The Balaban J connectivity index is 3.39. The minimum atomic E-state index is 0.0512. The first-order chi connectivity index (χ1) is 9.96. The van der Waals surface area contributed by atoms with Gasteiger partial charge in [-0.25, -0.2) is 0 Å². The van der Waals surface area contributed by atoms with E-state index >= 15 is 0 Å². The molecule has 5 heteroatoms. The molecule has 0 saturated heterocycles. The number of hydrogen-bond acceptors (Lipinski definition) is 3. The third-order valence-corrected chi connectivity index (χ3v) is 3.93. The van der Waals surface area contributed by atoms with Gasteiger partial charge in [0.05, 0.1) is 10.6 Å². The minimum absolute atomic E-state index is 0.0512. The highest BCUT2D eigenvalue weighted by atomic mass is 35.5. The lowest BCUT2D eigenvalue weighted by molar-refractivity contribution is 0.318. The molecule has 0 saturated carbocycles. The Hall–Kier alpha value is -1.42. The SMILES string of the molecule is CCC(CC)N(CC(C)C)c1cccc(Cl)c1C(N)=NO. The van der Waals surface area contributed by atoms with E-state index in [4.69, 9.17) is 22.5 Å². The van der Waals surface area contributed by atoms with Crippen LogP contribution in [0, 0.1) is 5.92 Å². The maximum atomic E-state index is 9.04. The van der Waals surface area contributed by atoms with Gasteiger partial charge in [0.15, 0.2) is 5.84 Å². The molecule has 1 aromatic carbocycles. The molecule has 0 aliphatic carbocycles. The van der Waals surface area contributed by atoms with Crippen LogP contribution >= 0.6 is 11.6 Å². The molecule has 0 atom stereocenters. The molecule has 0 aromatic heterocycles. The summed E-state index contributed by atoms with van der Waals surface area (Å²) in [6.07, 6.45) is 2.07. The van der Waals surface area contributed by atoms with Crippen molar-refractivity contribution in [1.82, 2.24) is 0 Å².